The Morgan fingerprint density at radius 1 is 1.44 bits per heavy atom. The van der Waals surface area contributed by atoms with E-state index in [4.69, 9.17) is 19.3 Å². The van der Waals surface area contributed by atoms with Crippen molar-refractivity contribution in [2.45, 2.75) is 25.2 Å². The summed E-state index contributed by atoms with van der Waals surface area (Å²) in [6, 6.07) is 4.88. The molecule has 2 atom stereocenters. The van der Waals surface area contributed by atoms with Crippen LogP contribution >= 0.6 is 0 Å². The summed E-state index contributed by atoms with van der Waals surface area (Å²) >= 11 is 0. The van der Waals surface area contributed by atoms with Gasteiger partial charge in [-0.2, -0.15) is 0 Å². The van der Waals surface area contributed by atoms with Crippen LogP contribution in [0.15, 0.2) is 18.2 Å². The van der Waals surface area contributed by atoms with Crippen LogP contribution in [0, 0.1) is 0 Å². The molecule has 1 aromatic rings. The van der Waals surface area contributed by atoms with E-state index >= 15 is 0 Å². The highest BCUT2D eigenvalue weighted by atomic mass is 16.7. The van der Waals surface area contributed by atoms with E-state index in [1.807, 2.05) is 0 Å². The average molecular weight is 250 g/mol. The van der Waals surface area contributed by atoms with E-state index in [-0.39, 0.29) is 18.0 Å². The minimum atomic E-state index is -0.925. The molecular weight excluding hydrogens is 236 g/mol. The second-order valence-corrected chi connectivity index (χ2v) is 4.50. The molecule has 0 radical (unpaired) electrons. The quantitative estimate of drug-likeness (QED) is 0.879. The number of hydrogen-bond acceptors (Lipinski definition) is 4. The molecule has 2 aliphatic rings. The second kappa shape index (κ2) is 4.59. The second-order valence-electron chi connectivity index (χ2n) is 4.50. The summed E-state index contributed by atoms with van der Waals surface area (Å²) in [5.41, 5.74) is 1.17. The number of aromatic carboxylic acids is 1. The van der Waals surface area contributed by atoms with Crippen LogP contribution in [-0.4, -0.2) is 36.7 Å². The Balaban J connectivity index is 1.68. The monoisotopic (exact) mass is 250 g/mol. The van der Waals surface area contributed by atoms with Gasteiger partial charge in [-0.25, -0.2) is 4.79 Å². The van der Waals surface area contributed by atoms with Crippen molar-refractivity contribution in [3.8, 4) is 5.75 Å². The number of fused-ring (bicyclic) bond motifs is 1. The number of carboxylic acids is 1. The third-order valence-electron chi connectivity index (χ3n) is 3.18. The van der Waals surface area contributed by atoms with Gasteiger partial charge in [-0.15, -0.1) is 0 Å². The van der Waals surface area contributed by atoms with Gasteiger partial charge in [0.15, 0.2) is 0 Å². The number of ether oxygens (including phenoxy) is 3. The van der Waals surface area contributed by atoms with E-state index in [9.17, 15) is 4.79 Å². The van der Waals surface area contributed by atoms with Gasteiger partial charge in [0, 0.05) is 18.6 Å². The Bertz CT molecular complexity index is 464. The fourth-order valence-electron chi connectivity index (χ4n) is 2.26. The Hall–Kier alpha value is -1.59. The summed E-state index contributed by atoms with van der Waals surface area (Å²) in [5.74, 6) is -0.213. The van der Waals surface area contributed by atoms with Gasteiger partial charge in [0.05, 0.1) is 18.3 Å². The van der Waals surface area contributed by atoms with Gasteiger partial charge < -0.3 is 19.3 Å². The maximum atomic E-state index is 10.9. The molecule has 0 amide bonds. The molecule has 0 aromatic heterocycles. The molecule has 5 heteroatoms. The van der Waals surface area contributed by atoms with Crippen molar-refractivity contribution in [1.29, 1.82) is 0 Å². The Labute approximate surface area is 104 Å². The van der Waals surface area contributed by atoms with E-state index in [1.54, 1.807) is 18.2 Å². The summed E-state index contributed by atoms with van der Waals surface area (Å²) in [4.78, 5) is 10.9. The molecule has 0 aliphatic carbocycles. The molecular formula is C13H14O5. The van der Waals surface area contributed by atoms with Crippen molar-refractivity contribution >= 4 is 5.97 Å². The van der Waals surface area contributed by atoms with E-state index in [1.165, 1.54) is 0 Å². The Morgan fingerprint density at radius 3 is 3.06 bits per heavy atom. The third kappa shape index (κ3) is 2.19. The van der Waals surface area contributed by atoms with Gasteiger partial charge in [0.25, 0.3) is 0 Å². The van der Waals surface area contributed by atoms with E-state index in [2.05, 4.69) is 0 Å². The SMILES string of the molecule is O=C(O)c1ccc2c(c1)CC(OC1CCOC1)O2. The summed E-state index contributed by atoms with van der Waals surface area (Å²) in [7, 11) is 0. The molecule has 0 spiro atoms. The smallest absolute Gasteiger partial charge is 0.335 e. The van der Waals surface area contributed by atoms with Crippen LogP contribution in [0.3, 0.4) is 0 Å². The van der Waals surface area contributed by atoms with Crippen LogP contribution in [0.4, 0.5) is 0 Å². The maximum Gasteiger partial charge on any atom is 0.335 e. The number of carbonyl (C=O) groups is 1. The summed E-state index contributed by atoms with van der Waals surface area (Å²) < 4.78 is 16.6. The van der Waals surface area contributed by atoms with Gasteiger partial charge in [0.2, 0.25) is 6.29 Å². The highest BCUT2D eigenvalue weighted by Gasteiger charge is 2.28. The van der Waals surface area contributed by atoms with Crippen LogP contribution in [0.2, 0.25) is 0 Å². The van der Waals surface area contributed by atoms with Crippen LogP contribution in [-0.2, 0) is 15.9 Å². The first kappa shape index (κ1) is 11.5. The topological polar surface area (TPSA) is 65.0 Å². The molecule has 0 saturated carbocycles. The first-order valence-corrected chi connectivity index (χ1v) is 5.98. The van der Waals surface area contributed by atoms with Crippen LogP contribution in [0.5, 0.6) is 5.75 Å². The highest BCUT2D eigenvalue weighted by Crippen LogP contribution is 2.31. The lowest BCUT2D eigenvalue weighted by molar-refractivity contribution is -0.106. The molecule has 3 rings (SSSR count). The summed E-state index contributed by atoms with van der Waals surface area (Å²) in [6.45, 7) is 1.34. The van der Waals surface area contributed by atoms with Gasteiger partial charge >= 0.3 is 5.97 Å². The van der Waals surface area contributed by atoms with E-state index in [0.717, 1.165) is 18.6 Å². The van der Waals surface area contributed by atoms with Crippen molar-refractivity contribution in [1.82, 2.24) is 0 Å². The highest BCUT2D eigenvalue weighted by molar-refractivity contribution is 5.88. The normalized spacial score (nSPS) is 25.8. The number of carboxylic acid groups (broad SMARTS) is 1. The molecule has 18 heavy (non-hydrogen) atoms. The average Bonchev–Trinajstić information content (AvgIpc) is 2.96. The fourth-order valence-corrected chi connectivity index (χ4v) is 2.26. The zero-order valence-electron chi connectivity index (χ0n) is 9.80. The lowest BCUT2D eigenvalue weighted by Crippen LogP contribution is -2.25. The number of hydrogen-bond donors (Lipinski definition) is 1. The molecule has 2 heterocycles. The van der Waals surface area contributed by atoms with Gasteiger partial charge in [0.1, 0.15) is 5.75 Å². The van der Waals surface area contributed by atoms with Gasteiger partial charge in [-0.1, -0.05) is 0 Å². The molecule has 5 nitrogen and oxygen atoms in total. The molecule has 0 bridgehead atoms. The van der Waals surface area contributed by atoms with Crippen molar-refractivity contribution < 1.29 is 24.1 Å². The Morgan fingerprint density at radius 2 is 2.33 bits per heavy atom. The molecule has 1 N–H and O–H groups in total. The summed E-state index contributed by atoms with van der Waals surface area (Å²) in [5, 5.41) is 8.92. The van der Waals surface area contributed by atoms with E-state index < -0.39 is 5.97 Å². The lowest BCUT2D eigenvalue weighted by atomic mass is 10.1. The van der Waals surface area contributed by atoms with Crippen molar-refractivity contribution in [2.75, 3.05) is 13.2 Å². The fraction of sp³-hybridized carbons (Fsp3) is 0.462. The molecule has 1 aromatic carbocycles. The first-order chi connectivity index (χ1) is 8.72. The standard InChI is InChI=1S/C13H14O5/c14-13(15)8-1-2-11-9(5-8)6-12(18-11)17-10-3-4-16-7-10/h1-2,5,10,12H,3-4,6-7H2,(H,14,15). The minimum Gasteiger partial charge on any atom is -0.478 e. The number of rotatable bonds is 3. The molecule has 96 valence electrons. The number of benzene rings is 1. The van der Waals surface area contributed by atoms with Crippen LogP contribution in [0.25, 0.3) is 0 Å². The lowest BCUT2D eigenvalue weighted by Gasteiger charge is -2.16. The largest absolute Gasteiger partial charge is 0.478 e. The minimum absolute atomic E-state index is 0.0863. The van der Waals surface area contributed by atoms with Crippen LogP contribution < -0.4 is 4.74 Å². The van der Waals surface area contributed by atoms with Crippen molar-refractivity contribution in [2.24, 2.45) is 0 Å². The molecule has 1 fully saturated rings. The van der Waals surface area contributed by atoms with Gasteiger partial charge in [-0.3, -0.25) is 0 Å². The van der Waals surface area contributed by atoms with E-state index in [0.29, 0.717) is 18.8 Å². The van der Waals surface area contributed by atoms with Gasteiger partial charge in [-0.05, 0) is 24.6 Å². The van der Waals surface area contributed by atoms with Crippen LogP contribution in [0.1, 0.15) is 22.3 Å². The van der Waals surface area contributed by atoms with Crippen molar-refractivity contribution in [3.05, 3.63) is 29.3 Å². The predicted octanol–water partition coefficient (Wildman–Crippen LogP) is 1.45. The predicted molar refractivity (Wildman–Crippen MR) is 61.8 cm³/mol. The summed E-state index contributed by atoms with van der Waals surface area (Å²) in [6.07, 6.45) is 1.24. The zero-order valence-corrected chi connectivity index (χ0v) is 9.80. The van der Waals surface area contributed by atoms with Crippen molar-refractivity contribution in [3.63, 3.8) is 0 Å². The Kier molecular flexibility index (Phi) is 2.93. The molecule has 2 aliphatic heterocycles. The zero-order chi connectivity index (χ0) is 12.5. The maximum absolute atomic E-state index is 10.9. The third-order valence-corrected chi connectivity index (χ3v) is 3.18. The first-order valence-electron chi connectivity index (χ1n) is 5.98. The molecule has 1 saturated heterocycles. The molecule has 2 unspecified atom stereocenters.